The fourth-order valence-corrected chi connectivity index (χ4v) is 4.02. The van der Waals surface area contributed by atoms with Crippen molar-refractivity contribution >= 4 is 15.7 Å². The molecule has 0 radical (unpaired) electrons. The summed E-state index contributed by atoms with van der Waals surface area (Å²) in [6, 6.07) is 3.98. The molecule has 2 heterocycles. The lowest BCUT2D eigenvalue weighted by molar-refractivity contribution is 0.478. The normalized spacial score (nSPS) is 19.6. The third-order valence-electron chi connectivity index (χ3n) is 3.79. The van der Waals surface area contributed by atoms with Crippen molar-refractivity contribution in [1.82, 2.24) is 9.29 Å². The van der Waals surface area contributed by atoms with E-state index in [9.17, 15) is 13.7 Å². The summed E-state index contributed by atoms with van der Waals surface area (Å²) in [5.41, 5.74) is 2.09. The molecule has 1 atom stereocenters. The molecule has 1 saturated heterocycles. The quantitative estimate of drug-likeness (QED) is 0.836. The Balaban J connectivity index is 2.31. The third kappa shape index (κ3) is 3.17. The van der Waals surface area contributed by atoms with Crippen LogP contribution in [0.2, 0.25) is 0 Å². The van der Waals surface area contributed by atoms with Gasteiger partial charge in [0.25, 0.3) is 0 Å². The lowest BCUT2D eigenvalue weighted by atomic mass is 10.1. The van der Waals surface area contributed by atoms with Crippen LogP contribution in [0.5, 0.6) is 0 Å². The molecule has 0 spiro atoms. The highest BCUT2D eigenvalue weighted by Gasteiger charge is 2.33. The number of pyridine rings is 1. The molecule has 1 fully saturated rings. The average Bonchev–Trinajstić information content (AvgIpc) is 2.47. The molecule has 0 bridgehead atoms. The van der Waals surface area contributed by atoms with E-state index in [4.69, 9.17) is 0 Å². The summed E-state index contributed by atoms with van der Waals surface area (Å²) < 4.78 is 25.9. The third-order valence-corrected chi connectivity index (χ3v) is 6.03. The number of hydrogen-bond acceptors (Lipinski definition) is 5. The van der Waals surface area contributed by atoms with Crippen molar-refractivity contribution in [2.45, 2.75) is 25.0 Å². The van der Waals surface area contributed by atoms with Gasteiger partial charge < -0.3 is 4.90 Å². The zero-order valence-corrected chi connectivity index (χ0v) is 13.4. The molecule has 0 saturated carbocycles. The lowest BCUT2D eigenvalue weighted by Crippen LogP contribution is -2.46. The van der Waals surface area contributed by atoms with Gasteiger partial charge in [0.2, 0.25) is 10.0 Å². The van der Waals surface area contributed by atoms with Crippen molar-refractivity contribution in [3.05, 3.63) is 23.5 Å². The van der Waals surface area contributed by atoms with Crippen molar-refractivity contribution in [2.75, 3.05) is 32.1 Å². The Hall–Kier alpha value is -1.65. The number of sulfonamides is 1. The van der Waals surface area contributed by atoms with E-state index in [0.717, 1.165) is 24.3 Å². The van der Waals surface area contributed by atoms with Gasteiger partial charge in [0.05, 0.1) is 16.5 Å². The molecule has 0 aliphatic carbocycles. The number of nitrogens with zero attached hydrogens (tertiary/aromatic N) is 4. The Kier molecular flexibility index (Phi) is 4.49. The van der Waals surface area contributed by atoms with Gasteiger partial charge >= 0.3 is 0 Å². The van der Waals surface area contributed by atoms with Crippen LogP contribution < -0.4 is 4.90 Å². The summed E-state index contributed by atoms with van der Waals surface area (Å²) in [4.78, 5) is 6.11. The molecule has 1 aromatic rings. The summed E-state index contributed by atoms with van der Waals surface area (Å²) in [7, 11) is -0.155. The van der Waals surface area contributed by atoms with Crippen LogP contribution in [-0.2, 0) is 10.0 Å². The number of rotatable bonds is 3. The van der Waals surface area contributed by atoms with Gasteiger partial charge in [0.15, 0.2) is 0 Å². The first kappa shape index (κ1) is 15.7. The molecular formula is C14H20N4O2S. The molecule has 2 rings (SSSR count). The summed E-state index contributed by atoms with van der Waals surface area (Å²) in [6.45, 7) is 3.04. The summed E-state index contributed by atoms with van der Waals surface area (Å²) in [5, 5.41) is 8.78. The van der Waals surface area contributed by atoms with Gasteiger partial charge in [-0.05, 0) is 25.8 Å². The number of hydrogen-bond donors (Lipinski definition) is 0. The minimum atomic E-state index is -3.28. The fourth-order valence-electron chi connectivity index (χ4n) is 2.59. The Bertz CT molecular complexity index is 664. The van der Waals surface area contributed by atoms with E-state index in [1.54, 1.807) is 20.3 Å². The number of aryl methyl sites for hydroxylation is 1. The van der Waals surface area contributed by atoms with Crippen LogP contribution in [0.15, 0.2) is 12.3 Å². The van der Waals surface area contributed by atoms with Gasteiger partial charge in [-0.2, -0.15) is 5.26 Å². The van der Waals surface area contributed by atoms with Gasteiger partial charge in [0.1, 0.15) is 6.07 Å². The first-order chi connectivity index (χ1) is 9.86. The van der Waals surface area contributed by atoms with E-state index in [1.165, 1.54) is 4.31 Å². The van der Waals surface area contributed by atoms with E-state index in [1.807, 2.05) is 17.9 Å². The standard InChI is InChI=1S/C14H20N4O2S/c1-11-7-14(12(8-15)9-16-11)18-6-4-5-13(10-18)21(19,20)17(2)3/h7,9,13H,4-6,10H2,1-3H3/t13-/m1/s1. The van der Waals surface area contributed by atoms with E-state index in [2.05, 4.69) is 11.1 Å². The van der Waals surface area contributed by atoms with Crippen LogP contribution in [-0.4, -0.2) is 50.1 Å². The molecule has 0 N–H and O–H groups in total. The zero-order valence-electron chi connectivity index (χ0n) is 12.6. The Morgan fingerprint density at radius 1 is 1.48 bits per heavy atom. The van der Waals surface area contributed by atoms with E-state index in [-0.39, 0.29) is 0 Å². The Labute approximate surface area is 126 Å². The molecular weight excluding hydrogens is 288 g/mol. The maximum absolute atomic E-state index is 12.3. The minimum absolute atomic E-state index is 0.415. The summed E-state index contributed by atoms with van der Waals surface area (Å²) in [5.74, 6) is 0. The van der Waals surface area contributed by atoms with Crippen molar-refractivity contribution in [3.8, 4) is 6.07 Å². The highest BCUT2D eigenvalue weighted by molar-refractivity contribution is 7.89. The lowest BCUT2D eigenvalue weighted by Gasteiger charge is -2.35. The maximum Gasteiger partial charge on any atom is 0.218 e. The number of nitriles is 1. The van der Waals surface area contributed by atoms with Gasteiger partial charge in [0, 0.05) is 39.1 Å². The molecule has 1 aliphatic heterocycles. The molecule has 0 amide bonds. The van der Waals surface area contributed by atoms with Crippen LogP contribution in [0.4, 0.5) is 5.69 Å². The number of anilines is 1. The second-order valence-electron chi connectivity index (χ2n) is 5.49. The molecule has 1 aromatic heterocycles. The van der Waals surface area contributed by atoms with Gasteiger partial charge in [-0.3, -0.25) is 4.98 Å². The molecule has 1 aliphatic rings. The fraction of sp³-hybridized carbons (Fsp3) is 0.571. The van der Waals surface area contributed by atoms with Crippen LogP contribution >= 0.6 is 0 Å². The maximum atomic E-state index is 12.3. The second-order valence-corrected chi connectivity index (χ2v) is 7.92. The molecule has 0 aromatic carbocycles. The first-order valence-electron chi connectivity index (χ1n) is 6.89. The predicted octanol–water partition coefficient (Wildman–Crippen LogP) is 1.12. The molecule has 0 unspecified atom stereocenters. The van der Waals surface area contributed by atoms with E-state index in [0.29, 0.717) is 18.5 Å². The second kappa shape index (κ2) is 6.00. The van der Waals surface area contributed by atoms with Gasteiger partial charge in [-0.25, -0.2) is 12.7 Å². The van der Waals surface area contributed by atoms with Crippen LogP contribution in [0, 0.1) is 18.3 Å². The molecule has 21 heavy (non-hydrogen) atoms. The highest BCUT2D eigenvalue weighted by Crippen LogP contribution is 2.27. The molecule has 7 heteroatoms. The smallest absolute Gasteiger partial charge is 0.218 e. The first-order valence-corrected chi connectivity index (χ1v) is 8.39. The summed E-state index contributed by atoms with van der Waals surface area (Å²) >= 11 is 0. The van der Waals surface area contributed by atoms with Crippen LogP contribution in [0.1, 0.15) is 24.1 Å². The van der Waals surface area contributed by atoms with Gasteiger partial charge in [-0.1, -0.05) is 0 Å². The largest absolute Gasteiger partial charge is 0.369 e. The SMILES string of the molecule is Cc1cc(N2CCC[C@@H](S(=O)(=O)N(C)C)C2)c(C#N)cn1. The van der Waals surface area contributed by atoms with Gasteiger partial charge in [-0.15, -0.1) is 0 Å². The average molecular weight is 308 g/mol. The monoisotopic (exact) mass is 308 g/mol. The predicted molar refractivity (Wildman–Crippen MR) is 81.5 cm³/mol. The Morgan fingerprint density at radius 2 is 2.19 bits per heavy atom. The molecule has 114 valence electrons. The van der Waals surface area contributed by atoms with Crippen molar-refractivity contribution in [1.29, 1.82) is 5.26 Å². The zero-order chi connectivity index (χ0) is 15.6. The van der Waals surface area contributed by atoms with Crippen LogP contribution in [0.25, 0.3) is 0 Å². The Morgan fingerprint density at radius 3 is 2.81 bits per heavy atom. The minimum Gasteiger partial charge on any atom is -0.369 e. The number of piperidine rings is 1. The highest BCUT2D eigenvalue weighted by atomic mass is 32.2. The van der Waals surface area contributed by atoms with E-state index < -0.39 is 15.3 Å². The van der Waals surface area contributed by atoms with Crippen molar-refractivity contribution in [3.63, 3.8) is 0 Å². The molecule has 6 nitrogen and oxygen atoms in total. The van der Waals surface area contributed by atoms with Crippen LogP contribution in [0.3, 0.4) is 0 Å². The topological polar surface area (TPSA) is 77.3 Å². The van der Waals surface area contributed by atoms with E-state index >= 15 is 0 Å². The van der Waals surface area contributed by atoms with Crippen molar-refractivity contribution in [2.24, 2.45) is 0 Å². The van der Waals surface area contributed by atoms with Crippen molar-refractivity contribution < 1.29 is 8.42 Å². The summed E-state index contributed by atoms with van der Waals surface area (Å²) in [6.07, 6.45) is 3.00. The number of aromatic nitrogens is 1.